The number of aliphatic carboxylic acids is 1. The molecule has 0 atom stereocenters. The van der Waals surface area contributed by atoms with Gasteiger partial charge in [0.25, 0.3) is 0 Å². The highest BCUT2D eigenvalue weighted by molar-refractivity contribution is 6.30. The molecule has 0 fully saturated rings. The molecule has 1 aliphatic heterocycles. The first-order valence-corrected chi connectivity index (χ1v) is 8.78. The smallest absolute Gasteiger partial charge is 0.475 e. The van der Waals surface area contributed by atoms with Crippen molar-refractivity contribution in [2.24, 2.45) is 0 Å². The number of ether oxygens (including phenoxy) is 1. The number of alkyl halides is 3. The second-order valence-electron chi connectivity index (χ2n) is 5.87. The predicted molar refractivity (Wildman–Crippen MR) is 99.1 cm³/mol. The molecule has 1 aliphatic rings. The molecular weight excluding hydrogens is 416 g/mol. The fourth-order valence-electron chi connectivity index (χ4n) is 2.32. The number of benzene rings is 1. The molecule has 0 bridgehead atoms. The van der Waals surface area contributed by atoms with Crippen LogP contribution in [-0.4, -0.2) is 35.3 Å². The first-order chi connectivity index (χ1) is 13.7. The SMILES string of the molecule is Fc1cc(Cl)ccc1COc1cccc(C2=CCNCC2)n1.O=C(O)C(F)(F)F. The molecule has 3 rings (SSSR count). The Morgan fingerprint density at radius 3 is 2.59 bits per heavy atom. The predicted octanol–water partition coefficient (Wildman–Crippen LogP) is 4.46. The molecule has 0 unspecified atom stereocenters. The molecule has 5 nitrogen and oxygen atoms in total. The van der Waals surface area contributed by atoms with Gasteiger partial charge in [-0.05, 0) is 36.7 Å². The Hall–Kier alpha value is -2.65. The van der Waals surface area contributed by atoms with Crippen LogP contribution in [0.2, 0.25) is 5.02 Å². The third-order valence-corrected chi connectivity index (χ3v) is 3.98. The highest BCUT2D eigenvalue weighted by atomic mass is 35.5. The first kappa shape index (κ1) is 22.6. The first-order valence-electron chi connectivity index (χ1n) is 8.41. The van der Waals surface area contributed by atoms with Gasteiger partial charge in [0.2, 0.25) is 5.88 Å². The topological polar surface area (TPSA) is 71.5 Å². The highest BCUT2D eigenvalue weighted by Crippen LogP contribution is 2.21. The van der Waals surface area contributed by atoms with Crippen LogP contribution in [-0.2, 0) is 11.4 Å². The molecule has 0 saturated heterocycles. The van der Waals surface area contributed by atoms with Gasteiger partial charge in [-0.25, -0.2) is 14.2 Å². The number of aromatic nitrogens is 1. The number of hydrogen-bond acceptors (Lipinski definition) is 4. The average Bonchev–Trinajstić information content (AvgIpc) is 2.68. The molecule has 0 amide bonds. The number of nitrogens with one attached hydrogen (secondary N) is 1. The monoisotopic (exact) mass is 432 g/mol. The number of pyridine rings is 1. The number of hydrogen-bond donors (Lipinski definition) is 2. The second-order valence-corrected chi connectivity index (χ2v) is 6.31. The molecule has 10 heteroatoms. The molecule has 1 aromatic carbocycles. The van der Waals surface area contributed by atoms with E-state index in [2.05, 4.69) is 16.4 Å². The van der Waals surface area contributed by atoms with E-state index in [1.165, 1.54) is 11.6 Å². The van der Waals surface area contributed by atoms with Gasteiger partial charge in [0.1, 0.15) is 12.4 Å². The van der Waals surface area contributed by atoms with Gasteiger partial charge in [-0.1, -0.05) is 29.8 Å². The molecule has 1 aromatic heterocycles. The van der Waals surface area contributed by atoms with Crippen molar-refractivity contribution in [2.75, 3.05) is 13.1 Å². The minimum absolute atomic E-state index is 0.125. The van der Waals surface area contributed by atoms with Crippen molar-refractivity contribution < 1.29 is 32.2 Å². The lowest BCUT2D eigenvalue weighted by Gasteiger charge is -2.14. The van der Waals surface area contributed by atoms with Crippen molar-refractivity contribution in [3.63, 3.8) is 0 Å². The van der Waals surface area contributed by atoms with Crippen LogP contribution in [0, 0.1) is 5.82 Å². The van der Waals surface area contributed by atoms with Crippen molar-refractivity contribution in [2.45, 2.75) is 19.2 Å². The van der Waals surface area contributed by atoms with E-state index >= 15 is 0 Å². The molecular formula is C19H17ClF4N2O3. The summed E-state index contributed by atoms with van der Waals surface area (Å²) in [4.78, 5) is 13.4. The van der Waals surface area contributed by atoms with Crippen molar-refractivity contribution in [3.05, 3.63) is 64.6 Å². The normalized spacial score (nSPS) is 13.8. The van der Waals surface area contributed by atoms with Crippen LogP contribution in [0.5, 0.6) is 5.88 Å². The molecule has 0 radical (unpaired) electrons. The zero-order valence-corrected chi connectivity index (χ0v) is 15.7. The molecule has 0 aliphatic carbocycles. The van der Waals surface area contributed by atoms with E-state index in [-0.39, 0.29) is 12.4 Å². The van der Waals surface area contributed by atoms with Crippen LogP contribution < -0.4 is 10.1 Å². The maximum Gasteiger partial charge on any atom is 0.490 e. The molecule has 0 spiro atoms. The quantitative estimate of drug-likeness (QED) is 0.698. The zero-order chi connectivity index (χ0) is 21.4. The molecule has 29 heavy (non-hydrogen) atoms. The Bertz CT molecular complexity index is 888. The fraction of sp³-hybridized carbons (Fsp3) is 0.263. The van der Waals surface area contributed by atoms with Gasteiger partial charge in [-0.3, -0.25) is 0 Å². The van der Waals surface area contributed by atoms with Crippen molar-refractivity contribution in [3.8, 4) is 5.88 Å². The molecule has 156 valence electrons. The van der Waals surface area contributed by atoms with Gasteiger partial charge in [0, 0.05) is 23.2 Å². The number of carbonyl (C=O) groups is 1. The van der Waals surface area contributed by atoms with Gasteiger partial charge in [-0.15, -0.1) is 0 Å². The van der Waals surface area contributed by atoms with Crippen molar-refractivity contribution in [1.29, 1.82) is 0 Å². The summed E-state index contributed by atoms with van der Waals surface area (Å²) in [5.74, 6) is -2.64. The summed E-state index contributed by atoms with van der Waals surface area (Å²) in [6, 6.07) is 10.2. The summed E-state index contributed by atoms with van der Waals surface area (Å²) >= 11 is 5.74. The van der Waals surface area contributed by atoms with E-state index in [0.717, 1.165) is 25.2 Å². The van der Waals surface area contributed by atoms with Crippen molar-refractivity contribution in [1.82, 2.24) is 10.3 Å². The Kier molecular flexibility index (Phi) is 7.98. The van der Waals surface area contributed by atoms with Crippen molar-refractivity contribution >= 4 is 23.1 Å². The van der Waals surface area contributed by atoms with Crippen LogP contribution in [0.25, 0.3) is 5.57 Å². The van der Waals surface area contributed by atoms with E-state index < -0.39 is 12.1 Å². The zero-order valence-electron chi connectivity index (χ0n) is 15.0. The summed E-state index contributed by atoms with van der Waals surface area (Å²) in [5.41, 5.74) is 2.58. The van der Waals surface area contributed by atoms with Crippen LogP contribution >= 0.6 is 11.6 Å². The van der Waals surface area contributed by atoms with Crippen LogP contribution in [0.4, 0.5) is 17.6 Å². The van der Waals surface area contributed by atoms with Gasteiger partial charge < -0.3 is 15.2 Å². The third-order valence-electron chi connectivity index (χ3n) is 3.75. The maximum atomic E-state index is 13.7. The van der Waals surface area contributed by atoms with E-state index in [1.807, 2.05) is 12.1 Å². The fourth-order valence-corrected chi connectivity index (χ4v) is 2.48. The minimum Gasteiger partial charge on any atom is -0.475 e. The lowest BCUT2D eigenvalue weighted by Crippen LogP contribution is -2.21. The summed E-state index contributed by atoms with van der Waals surface area (Å²) in [6.07, 6.45) is -2.00. The second kappa shape index (κ2) is 10.2. The van der Waals surface area contributed by atoms with E-state index in [1.54, 1.807) is 18.2 Å². The van der Waals surface area contributed by atoms with Gasteiger partial charge in [0.05, 0.1) is 5.69 Å². The number of carboxylic acids is 1. The van der Waals surface area contributed by atoms with Crippen LogP contribution in [0.1, 0.15) is 17.7 Å². The molecule has 2 heterocycles. The lowest BCUT2D eigenvalue weighted by atomic mass is 10.1. The summed E-state index contributed by atoms with van der Waals surface area (Å²) in [6.45, 7) is 1.94. The Labute approximate surface area is 169 Å². The number of rotatable bonds is 4. The molecule has 2 N–H and O–H groups in total. The Morgan fingerprint density at radius 2 is 2.00 bits per heavy atom. The van der Waals surface area contributed by atoms with Gasteiger partial charge >= 0.3 is 12.1 Å². The third kappa shape index (κ3) is 7.35. The number of nitrogens with zero attached hydrogens (tertiary/aromatic N) is 1. The van der Waals surface area contributed by atoms with E-state index in [9.17, 15) is 17.6 Å². The summed E-state index contributed by atoms with van der Waals surface area (Å²) in [7, 11) is 0. The van der Waals surface area contributed by atoms with E-state index in [4.69, 9.17) is 26.2 Å². The number of halogens is 5. The highest BCUT2D eigenvalue weighted by Gasteiger charge is 2.38. The summed E-state index contributed by atoms with van der Waals surface area (Å²) < 4.78 is 51.1. The molecule has 0 saturated carbocycles. The largest absolute Gasteiger partial charge is 0.490 e. The Morgan fingerprint density at radius 1 is 1.28 bits per heavy atom. The average molecular weight is 433 g/mol. The van der Waals surface area contributed by atoms with Gasteiger partial charge in [0.15, 0.2) is 0 Å². The molecule has 2 aromatic rings. The van der Waals surface area contributed by atoms with E-state index in [0.29, 0.717) is 16.5 Å². The minimum atomic E-state index is -5.08. The number of carboxylic acid groups (broad SMARTS) is 1. The Balaban J connectivity index is 0.000000370. The van der Waals surface area contributed by atoms with Crippen LogP contribution in [0.3, 0.4) is 0 Å². The standard InChI is InChI=1S/C17H16ClFN2O.C2HF3O2/c18-14-5-4-13(15(19)10-14)11-22-17-3-1-2-16(21-17)12-6-8-20-9-7-12;3-2(4,5)1(6)7/h1-6,10,20H,7-9,11H2;(H,6,7). The van der Waals surface area contributed by atoms with Gasteiger partial charge in [-0.2, -0.15) is 13.2 Å². The lowest BCUT2D eigenvalue weighted by molar-refractivity contribution is -0.192. The van der Waals surface area contributed by atoms with Crippen LogP contribution in [0.15, 0.2) is 42.5 Å². The maximum absolute atomic E-state index is 13.7. The summed E-state index contributed by atoms with van der Waals surface area (Å²) in [5, 5.41) is 10.8.